The summed E-state index contributed by atoms with van der Waals surface area (Å²) in [4.78, 5) is 33.1. The van der Waals surface area contributed by atoms with Crippen LogP contribution in [-0.4, -0.2) is 98.0 Å². The minimum absolute atomic E-state index is 0.153. The third kappa shape index (κ3) is 9.36. The Kier molecular flexibility index (Phi) is 12.2. The van der Waals surface area contributed by atoms with Gasteiger partial charge in [-0.25, -0.2) is 14.8 Å². The van der Waals surface area contributed by atoms with Crippen molar-refractivity contribution < 1.29 is 23.7 Å². The average Bonchev–Trinajstić information content (AvgIpc) is 3.11. The molecule has 0 radical (unpaired) electrons. The lowest BCUT2D eigenvalue weighted by Crippen LogP contribution is -2.44. The third-order valence-corrected chi connectivity index (χ3v) is 8.57. The molecule has 1 N–H and O–H groups in total. The number of hydrogen-bond acceptors (Lipinski definition) is 11. The SMILES string of the molecule is COc1cc(NC(CN(C(=O)Oc2c(C)cc(C)cc2C)c2ccncn2)c2cccnc2)cc(OC)c1OCCCN1CCN(C)CC1. The first-order chi connectivity index (χ1) is 23.7. The fourth-order valence-electron chi connectivity index (χ4n) is 6.01. The van der Waals surface area contributed by atoms with Crippen molar-refractivity contribution in [3.63, 3.8) is 0 Å². The fourth-order valence-corrected chi connectivity index (χ4v) is 6.01. The summed E-state index contributed by atoms with van der Waals surface area (Å²) in [6, 6.07) is 12.8. The molecule has 1 unspecified atom stereocenters. The van der Waals surface area contributed by atoms with Gasteiger partial charge in [-0.15, -0.1) is 0 Å². The molecule has 4 aromatic rings. The summed E-state index contributed by atoms with van der Waals surface area (Å²) in [5, 5.41) is 3.58. The third-order valence-electron chi connectivity index (χ3n) is 8.57. The van der Waals surface area contributed by atoms with Crippen LogP contribution in [0.5, 0.6) is 23.0 Å². The van der Waals surface area contributed by atoms with Crippen molar-refractivity contribution in [2.75, 3.05) is 77.4 Å². The second kappa shape index (κ2) is 16.9. The lowest BCUT2D eigenvalue weighted by molar-refractivity contribution is 0.144. The van der Waals surface area contributed by atoms with Crippen LogP contribution >= 0.6 is 0 Å². The Morgan fingerprint density at radius 2 is 1.65 bits per heavy atom. The van der Waals surface area contributed by atoms with Gasteiger partial charge in [0.25, 0.3) is 0 Å². The molecule has 5 rings (SSSR count). The van der Waals surface area contributed by atoms with Crippen LogP contribution in [-0.2, 0) is 0 Å². The van der Waals surface area contributed by atoms with E-state index in [1.165, 1.54) is 11.2 Å². The Bertz CT molecular complexity index is 1620. The number of ether oxygens (including phenoxy) is 4. The Labute approximate surface area is 289 Å². The van der Waals surface area contributed by atoms with Crippen molar-refractivity contribution in [3.8, 4) is 23.0 Å². The summed E-state index contributed by atoms with van der Waals surface area (Å²) in [5.41, 5.74) is 4.39. The highest BCUT2D eigenvalue weighted by atomic mass is 16.6. The van der Waals surface area contributed by atoms with Gasteiger partial charge in [-0.2, -0.15) is 0 Å². The van der Waals surface area contributed by atoms with Gasteiger partial charge in [0, 0.05) is 69.1 Å². The van der Waals surface area contributed by atoms with Gasteiger partial charge in [0.2, 0.25) is 5.75 Å². The van der Waals surface area contributed by atoms with Crippen molar-refractivity contribution in [2.24, 2.45) is 0 Å². The monoisotopic (exact) mass is 669 g/mol. The number of nitrogens with one attached hydrogen (secondary N) is 1. The van der Waals surface area contributed by atoms with E-state index in [9.17, 15) is 4.79 Å². The Morgan fingerprint density at radius 3 is 2.27 bits per heavy atom. The average molecular weight is 670 g/mol. The molecule has 12 heteroatoms. The van der Waals surface area contributed by atoms with Crippen LogP contribution in [0.3, 0.4) is 0 Å². The van der Waals surface area contributed by atoms with E-state index in [1.54, 1.807) is 38.9 Å². The van der Waals surface area contributed by atoms with Gasteiger partial charge in [0.15, 0.2) is 11.5 Å². The van der Waals surface area contributed by atoms with Crippen molar-refractivity contribution in [3.05, 3.63) is 89.6 Å². The van der Waals surface area contributed by atoms with Gasteiger partial charge in [0.05, 0.1) is 33.4 Å². The zero-order chi connectivity index (χ0) is 34.8. The van der Waals surface area contributed by atoms with Crippen LogP contribution in [0.4, 0.5) is 16.3 Å². The summed E-state index contributed by atoms with van der Waals surface area (Å²) in [6.45, 7) is 11.8. The second-order valence-corrected chi connectivity index (χ2v) is 12.3. The molecule has 49 heavy (non-hydrogen) atoms. The van der Waals surface area contributed by atoms with Gasteiger partial charge >= 0.3 is 6.09 Å². The van der Waals surface area contributed by atoms with Gasteiger partial charge in [-0.3, -0.25) is 9.88 Å². The van der Waals surface area contributed by atoms with E-state index in [1.807, 2.05) is 57.2 Å². The van der Waals surface area contributed by atoms with Crippen molar-refractivity contribution in [1.82, 2.24) is 24.8 Å². The van der Waals surface area contributed by atoms with Crippen molar-refractivity contribution in [1.29, 1.82) is 0 Å². The van der Waals surface area contributed by atoms with E-state index in [-0.39, 0.29) is 6.54 Å². The lowest BCUT2D eigenvalue weighted by Gasteiger charge is -2.32. The largest absolute Gasteiger partial charge is 0.493 e. The highest BCUT2D eigenvalue weighted by Crippen LogP contribution is 2.41. The normalized spacial score (nSPS) is 14.2. The molecule has 3 heterocycles. The minimum atomic E-state index is -0.570. The van der Waals surface area contributed by atoms with Crippen LogP contribution in [0.15, 0.2) is 67.4 Å². The summed E-state index contributed by atoms with van der Waals surface area (Å²) in [7, 11) is 5.37. The smallest absolute Gasteiger partial charge is 0.421 e. The molecule has 1 saturated heterocycles. The van der Waals surface area contributed by atoms with Gasteiger partial charge in [0.1, 0.15) is 17.9 Å². The molecule has 1 aliphatic heterocycles. The Morgan fingerprint density at radius 1 is 0.939 bits per heavy atom. The number of benzene rings is 2. The molecule has 2 aromatic carbocycles. The Balaban J connectivity index is 1.38. The first kappa shape index (κ1) is 35.4. The van der Waals surface area contributed by atoms with E-state index in [0.717, 1.165) is 61.4 Å². The predicted octanol–water partition coefficient (Wildman–Crippen LogP) is 5.69. The zero-order valence-corrected chi connectivity index (χ0v) is 29.3. The number of anilines is 2. The fraction of sp³-hybridized carbons (Fsp3) is 0.405. The molecule has 0 spiro atoms. The number of carbonyl (C=O) groups excluding carboxylic acids is 1. The molecule has 1 amide bonds. The van der Waals surface area contributed by atoms with Crippen molar-refractivity contribution >= 4 is 17.6 Å². The standard InChI is InChI=1S/C37H47N7O5/c1-26-19-27(2)35(28(3)20-26)49-37(45)44(34-10-12-39-25-40-34)24-31(29-9-7-11-38-23-29)41-30-21-32(46-5)36(33(22-30)47-6)48-18-8-13-43-16-14-42(4)15-17-43/h7,9-12,19-23,25,31,41H,8,13-18,24H2,1-6H3. The number of amides is 1. The molecular formula is C37H47N7O5. The second-order valence-electron chi connectivity index (χ2n) is 12.3. The summed E-state index contributed by atoms with van der Waals surface area (Å²) in [5.74, 6) is 2.53. The van der Waals surface area contributed by atoms with Crippen LogP contribution in [0.2, 0.25) is 0 Å². The molecule has 0 aliphatic carbocycles. The molecule has 12 nitrogen and oxygen atoms in total. The highest BCUT2D eigenvalue weighted by molar-refractivity contribution is 5.88. The molecular weight excluding hydrogens is 622 g/mol. The van der Waals surface area contributed by atoms with Crippen LogP contribution < -0.4 is 29.2 Å². The molecule has 1 atom stereocenters. The van der Waals surface area contributed by atoms with Gasteiger partial charge < -0.3 is 34.1 Å². The van der Waals surface area contributed by atoms with Crippen LogP contribution in [0.1, 0.15) is 34.7 Å². The molecule has 1 aliphatic rings. The lowest BCUT2D eigenvalue weighted by atomic mass is 10.1. The quantitative estimate of drug-likeness (QED) is 0.167. The van der Waals surface area contributed by atoms with E-state index < -0.39 is 12.1 Å². The first-order valence-electron chi connectivity index (χ1n) is 16.5. The summed E-state index contributed by atoms with van der Waals surface area (Å²) < 4.78 is 23.8. The highest BCUT2D eigenvalue weighted by Gasteiger charge is 2.27. The summed E-state index contributed by atoms with van der Waals surface area (Å²) >= 11 is 0. The zero-order valence-electron chi connectivity index (χ0n) is 29.3. The first-order valence-corrected chi connectivity index (χ1v) is 16.5. The van der Waals surface area contributed by atoms with Gasteiger partial charge in [-0.1, -0.05) is 23.8 Å². The van der Waals surface area contributed by atoms with E-state index >= 15 is 0 Å². The number of aryl methyl sites for hydroxylation is 3. The number of methoxy groups -OCH3 is 2. The number of aromatic nitrogens is 3. The molecule has 1 fully saturated rings. The number of carbonyl (C=O) groups is 1. The molecule has 0 bridgehead atoms. The molecule has 2 aromatic heterocycles. The van der Waals surface area contributed by atoms with Gasteiger partial charge in [-0.05, 0) is 63.1 Å². The minimum Gasteiger partial charge on any atom is -0.493 e. The maximum absolute atomic E-state index is 13.9. The van der Waals surface area contributed by atoms with E-state index in [2.05, 4.69) is 37.1 Å². The number of nitrogens with zero attached hydrogens (tertiary/aromatic N) is 6. The topological polar surface area (TPSA) is 114 Å². The number of pyridine rings is 1. The molecule has 0 saturated carbocycles. The number of likely N-dealkylation sites (N-methyl/N-ethyl adjacent to an activating group) is 1. The maximum Gasteiger partial charge on any atom is 0.421 e. The van der Waals surface area contributed by atoms with Crippen LogP contribution in [0, 0.1) is 20.8 Å². The number of piperazine rings is 1. The van der Waals surface area contributed by atoms with E-state index in [4.69, 9.17) is 18.9 Å². The Hall–Kier alpha value is -4.94. The van der Waals surface area contributed by atoms with E-state index in [0.29, 0.717) is 41.1 Å². The number of rotatable bonds is 14. The molecule has 260 valence electrons. The van der Waals surface area contributed by atoms with Crippen LogP contribution in [0.25, 0.3) is 0 Å². The van der Waals surface area contributed by atoms with Crippen molar-refractivity contribution in [2.45, 2.75) is 33.2 Å². The maximum atomic E-state index is 13.9. The number of hydrogen-bond donors (Lipinski definition) is 1. The predicted molar refractivity (Wildman–Crippen MR) is 190 cm³/mol. The summed E-state index contributed by atoms with van der Waals surface area (Å²) in [6.07, 6.45) is 6.79.